The van der Waals surface area contributed by atoms with Crippen LogP contribution in [0.3, 0.4) is 0 Å². The molecular formula is C10H13N3OS. The molecule has 0 amide bonds. The zero-order valence-corrected chi connectivity index (χ0v) is 9.76. The molecule has 1 N–H and O–H groups in total. The molecule has 15 heavy (non-hydrogen) atoms. The van der Waals surface area contributed by atoms with Crippen molar-refractivity contribution in [3.63, 3.8) is 0 Å². The van der Waals surface area contributed by atoms with Crippen LogP contribution in [0.25, 0.3) is 11.4 Å². The van der Waals surface area contributed by atoms with Crippen LogP contribution in [0.15, 0.2) is 15.3 Å². The number of nitrogens with zero attached hydrogens (tertiary/aromatic N) is 2. The maximum Gasteiger partial charge on any atom is 0.321 e. The van der Waals surface area contributed by atoms with Gasteiger partial charge in [0.25, 0.3) is 0 Å². The van der Waals surface area contributed by atoms with Gasteiger partial charge in [-0.05, 0) is 31.7 Å². The lowest BCUT2D eigenvalue weighted by atomic mass is 10.2. The molecule has 2 heterocycles. The average molecular weight is 223 g/mol. The van der Waals surface area contributed by atoms with Crippen molar-refractivity contribution in [2.45, 2.75) is 26.8 Å². The highest BCUT2D eigenvalue weighted by Crippen LogP contribution is 2.25. The van der Waals surface area contributed by atoms with E-state index in [4.69, 9.17) is 4.52 Å². The average Bonchev–Trinajstić information content (AvgIpc) is 2.72. The quantitative estimate of drug-likeness (QED) is 0.869. The molecule has 0 radical (unpaired) electrons. The Kier molecular flexibility index (Phi) is 2.73. The standard InChI is InChI=1S/C10H13N3OS/c1-6(2)11-10-12-9(13-14-10)8-5-15-4-7(8)3/h4-6H,1-3H3,(H,11,12,13). The van der Waals surface area contributed by atoms with Gasteiger partial charge in [-0.2, -0.15) is 16.3 Å². The molecule has 0 fully saturated rings. The van der Waals surface area contributed by atoms with Gasteiger partial charge in [0, 0.05) is 17.0 Å². The van der Waals surface area contributed by atoms with Crippen LogP contribution in [0.5, 0.6) is 0 Å². The summed E-state index contributed by atoms with van der Waals surface area (Å²) < 4.78 is 5.09. The Morgan fingerprint density at radius 2 is 2.20 bits per heavy atom. The number of hydrogen-bond donors (Lipinski definition) is 1. The molecule has 80 valence electrons. The smallest absolute Gasteiger partial charge is 0.321 e. The second-order valence-corrected chi connectivity index (χ2v) is 4.43. The molecule has 2 aromatic heterocycles. The molecule has 0 spiro atoms. The van der Waals surface area contributed by atoms with Crippen LogP contribution in [0.2, 0.25) is 0 Å². The maximum absolute atomic E-state index is 5.09. The van der Waals surface area contributed by atoms with Gasteiger partial charge in [-0.15, -0.1) is 0 Å². The zero-order chi connectivity index (χ0) is 10.8. The summed E-state index contributed by atoms with van der Waals surface area (Å²) in [6.07, 6.45) is 0. The molecule has 0 aliphatic rings. The van der Waals surface area contributed by atoms with Crippen molar-refractivity contribution >= 4 is 17.4 Å². The van der Waals surface area contributed by atoms with Crippen molar-refractivity contribution in [1.82, 2.24) is 10.1 Å². The molecule has 0 aromatic carbocycles. The first-order valence-electron chi connectivity index (χ1n) is 4.80. The summed E-state index contributed by atoms with van der Waals surface area (Å²) >= 11 is 1.64. The minimum Gasteiger partial charge on any atom is -0.336 e. The van der Waals surface area contributed by atoms with Gasteiger partial charge in [-0.25, -0.2) is 0 Å². The third-order valence-electron chi connectivity index (χ3n) is 1.93. The molecule has 0 aliphatic carbocycles. The fraction of sp³-hybridized carbons (Fsp3) is 0.400. The normalized spacial score (nSPS) is 10.9. The summed E-state index contributed by atoms with van der Waals surface area (Å²) in [7, 11) is 0. The third kappa shape index (κ3) is 2.18. The molecule has 0 saturated carbocycles. The molecule has 0 aliphatic heterocycles. The van der Waals surface area contributed by atoms with Crippen LogP contribution in [0.1, 0.15) is 19.4 Å². The molecule has 0 unspecified atom stereocenters. The second kappa shape index (κ2) is 4.02. The van der Waals surface area contributed by atoms with Crippen LogP contribution >= 0.6 is 11.3 Å². The van der Waals surface area contributed by atoms with Crippen molar-refractivity contribution in [3.8, 4) is 11.4 Å². The Balaban J connectivity index is 2.24. The van der Waals surface area contributed by atoms with Gasteiger partial charge in [0.05, 0.1) is 0 Å². The Bertz CT molecular complexity index is 447. The van der Waals surface area contributed by atoms with Gasteiger partial charge in [-0.3, -0.25) is 0 Å². The van der Waals surface area contributed by atoms with Crippen LogP contribution in [0, 0.1) is 6.92 Å². The molecule has 0 atom stereocenters. The van der Waals surface area contributed by atoms with Crippen LogP contribution < -0.4 is 5.32 Å². The number of thiophene rings is 1. The van der Waals surface area contributed by atoms with Gasteiger partial charge in [0.2, 0.25) is 5.82 Å². The van der Waals surface area contributed by atoms with Crippen molar-refractivity contribution in [1.29, 1.82) is 0 Å². The number of hydrogen-bond acceptors (Lipinski definition) is 5. The lowest BCUT2D eigenvalue weighted by Crippen LogP contribution is -2.09. The van der Waals surface area contributed by atoms with E-state index in [0.717, 1.165) is 5.56 Å². The Morgan fingerprint density at radius 3 is 2.80 bits per heavy atom. The number of aryl methyl sites for hydroxylation is 1. The summed E-state index contributed by atoms with van der Waals surface area (Å²) in [4.78, 5) is 4.27. The number of nitrogens with one attached hydrogen (secondary N) is 1. The summed E-state index contributed by atoms with van der Waals surface area (Å²) in [6.45, 7) is 6.09. The van der Waals surface area contributed by atoms with E-state index in [9.17, 15) is 0 Å². The van der Waals surface area contributed by atoms with E-state index in [2.05, 4.69) is 20.8 Å². The first kappa shape index (κ1) is 10.2. The van der Waals surface area contributed by atoms with E-state index in [1.807, 2.05) is 26.2 Å². The van der Waals surface area contributed by atoms with E-state index >= 15 is 0 Å². The van der Waals surface area contributed by atoms with Crippen LogP contribution in [-0.2, 0) is 0 Å². The lowest BCUT2D eigenvalue weighted by molar-refractivity contribution is 0.429. The van der Waals surface area contributed by atoms with E-state index in [0.29, 0.717) is 17.9 Å². The van der Waals surface area contributed by atoms with Gasteiger partial charge in [0.15, 0.2) is 0 Å². The molecule has 0 bridgehead atoms. The van der Waals surface area contributed by atoms with E-state index in [-0.39, 0.29) is 0 Å². The van der Waals surface area contributed by atoms with Crippen LogP contribution in [-0.4, -0.2) is 16.2 Å². The maximum atomic E-state index is 5.09. The molecule has 5 heteroatoms. The summed E-state index contributed by atoms with van der Waals surface area (Å²) in [5, 5.41) is 11.1. The number of aromatic nitrogens is 2. The third-order valence-corrected chi connectivity index (χ3v) is 2.80. The van der Waals surface area contributed by atoms with Gasteiger partial charge in [0.1, 0.15) is 0 Å². The van der Waals surface area contributed by atoms with Crippen molar-refractivity contribution < 1.29 is 4.52 Å². The fourth-order valence-electron chi connectivity index (χ4n) is 1.23. The Labute approximate surface area is 92.3 Å². The highest BCUT2D eigenvalue weighted by molar-refractivity contribution is 7.08. The first-order chi connectivity index (χ1) is 7.16. The SMILES string of the molecule is Cc1cscc1-c1noc(NC(C)C)n1. The molecule has 4 nitrogen and oxygen atoms in total. The van der Waals surface area contributed by atoms with Gasteiger partial charge in [-0.1, -0.05) is 5.16 Å². The molecule has 2 aromatic rings. The van der Waals surface area contributed by atoms with Gasteiger partial charge < -0.3 is 9.84 Å². The van der Waals surface area contributed by atoms with E-state index in [1.54, 1.807) is 11.3 Å². The molecular weight excluding hydrogens is 210 g/mol. The highest BCUT2D eigenvalue weighted by Gasteiger charge is 2.11. The molecule has 2 rings (SSSR count). The summed E-state index contributed by atoms with van der Waals surface area (Å²) in [5.74, 6) is 0.650. The number of anilines is 1. The summed E-state index contributed by atoms with van der Waals surface area (Å²) in [6, 6.07) is 0.771. The summed E-state index contributed by atoms with van der Waals surface area (Å²) in [5.41, 5.74) is 2.22. The fourth-order valence-corrected chi connectivity index (χ4v) is 2.05. The van der Waals surface area contributed by atoms with Crippen molar-refractivity contribution in [2.24, 2.45) is 0 Å². The number of rotatable bonds is 3. The predicted molar refractivity (Wildman–Crippen MR) is 61.1 cm³/mol. The lowest BCUT2D eigenvalue weighted by Gasteiger charge is -2.01. The van der Waals surface area contributed by atoms with E-state index < -0.39 is 0 Å². The first-order valence-corrected chi connectivity index (χ1v) is 5.74. The monoisotopic (exact) mass is 223 g/mol. The Morgan fingerprint density at radius 1 is 1.40 bits per heavy atom. The minimum atomic E-state index is 0.293. The van der Waals surface area contributed by atoms with Crippen molar-refractivity contribution in [2.75, 3.05) is 5.32 Å². The van der Waals surface area contributed by atoms with E-state index in [1.165, 1.54) is 5.56 Å². The largest absolute Gasteiger partial charge is 0.336 e. The van der Waals surface area contributed by atoms with Crippen molar-refractivity contribution in [3.05, 3.63) is 16.3 Å². The molecule has 0 saturated heterocycles. The highest BCUT2D eigenvalue weighted by atomic mass is 32.1. The van der Waals surface area contributed by atoms with Crippen LogP contribution in [0.4, 0.5) is 6.01 Å². The topological polar surface area (TPSA) is 51.0 Å². The Hall–Kier alpha value is -1.36. The second-order valence-electron chi connectivity index (χ2n) is 3.69. The van der Waals surface area contributed by atoms with Gasteiger partial charge >= 0.3 is 6.01 Å². The zero-order valence-electron chi connectivity index (χ0n) is 8.94. The minimum absolute atomic E-state index is 0.293. The predicted octanol–water partition coefficient (Wildman–Crippen LogP) is 2.93.